The van der Waals surface area contributed by atoms with Crippen LogP contribution in [0.2, 0.25) is 0 Å². The van der Waals surface area contributed by atoms with Crippen LogP contribution in [0.4, 0.5) is 4.39 Å². The fourth-order valence-electron chi connectivity index (χ4n) is 2.38. The Labute approximate surface area is 123 Å². The van der Waals surface area contributed by atoms with E-state index < -0.39 is 5.82 Å². The molecule has 0 radical (unpaired) electrons. The summed E-state index contributed by atoms with van der Waals surface area (Å²) in [6.07, 6.45) is 0. The number of rotatable bonds is 2. The second kappa shape index (κ2) is 4.87. The lowest BCUT2D eigenvalue weighted by molar-refractivity contribution is 0.103. The van der Waals surface area contributed by atoms with Gasteiger partial charge in [0, 0.05) is 22.2 Å². The Balaban J connectivity index is 2.23. The molecular formula is C16H11BrFNO. The number of para-hydroxylation sites is 1. The van der Waals surface area contributed by atoms with Crippen LogP contribution in [0.1, 0.15) is 21.6 Å². The van der Waals surface area contributed by atoms with Crippen LogP contribution < -0.4 is 0 Å². The number of aryl methyl sites for hydroxylation is 1. The molecule has 1 aromatic heterocycles. The van der Waals surface area contributed by atoms with Crippen LogP contribution in [0.25, 0.3) is 10.9 Å². The van der Waals surface area contributed by atoms with Crippen molar-refractivity contribution in [2.24, 2.45) is 0 Å². The number of fused-ring (bicyclic) bond motifs is 1. The van der Waals surface area contributed by atoms with E-state index in [1.54, 1.807) is 6.07 Å². The molecule has 0 unspecified atom stereocenters. The van der Waals surface area contributed by atoms with Crippen LogP contribution in [-0.4, -0.2) is 10.8 Å². The Hall–Kier alpha value is -1.94. The molecule has 100 valence electrons. The van der Waals surface area contributed by atoms with E-state index >= 15 is 0 Å². The minimum absolute atomic E-state index is 0.189. The number of halogens is 2. The van der Waals surface area contributed by atoms with Gasteiger partial charge < -0.3 is 4.98 Å². The molecule has 4 heteroatoms. The minimum Gasteiger partial charge on any atom is -0.358 e. The predicted molar refractivity (Wildman–Crippen MR) is 80.6 cm³/mol. The smallest absolute Gasteiger partial charge is 0.196 e. The van der Waals surface area contributed by atoms with E-state index in [0.717, 1.165) is 16.6 Å². The monoisotopic (exact) mass is 331 g/mol. The first-order chi connectivity index (χ1) is 9.59. The number of hydrogen-bond acceptors (Lipinski definition) is 1. The van der Waals surface area contributed by atoms with Crippen molar-refractivity contribution in [1.82, 2.24) is 4.98 Å². The fourth-order valence-corrected chi connectivity index (χ4v) is 2.83. The number of benzene rings is 2. The molecule has 0 spiro atoms. The highest BCUT2D eigenvalue weighted by atomic mass is 79.9. The maximum atomic E-state index is 13.6. The largest absolute Gasteiger partial charge is 0.358 e. The first-order valence-electron chi connectivity index (χ1n) is 6.15. The van der Waals surface area contributed by atoms with Crippen LogP contribution in [-0.2, 0) is 0 Å². The molecule has 2 aromatic carbocycles. The van der Waals surface area contributed by atoms with Crippen molar-refractivity contribution in [2.75, 3.05) is 0 Å². The van der Waals surface area contributed by atoms with E-state index in [0.29, 0.717) is 11.1 Å². The fraction of sp³-hybridized carbons (Fsp3) is 0.0625. The Kier molecular flexibility index (Phi) is 3.18. The van der Waals surface area contributed by atoms with Gasteiger partial charge in [-0.3, -0.25) is 4.79 Å². The van der Waals surface area contributed by atoms with E-state index in [4.69, 9.17) is 0 Å². The van der Waals surface area contributed by atoms with Crippen LogP contribution in [0.3, 0.4) is 0 Å². The van der Waals surface area contributed by atoms with Crippen LogP contribution in [0, 0.1) is 12.7 Å². The van der Waals surface area contributed by atoms with Crippen molar-refractivity contribution in [3.05, 3.63) is 69.6 Å². The van der Waals surface area contributed by atoms with Crippen molar-refractivity contribution >= 4 is 32.6 Å². The molecule has 0 saturated heterocycles. The van der Waals surface area contributed by atoms with E-state index in [2.05, 4.69) is 20.9 Å². The van der Waals surface area contributed by atoms with Crippen molar-refractivity contribution in [2.45, 2.75) is 6.92 Å². The molecule has 0 amide bonds. The average Bonchev–Trinajstić information content (AvgIpc) is 2.77. The number of aromatic nitrogens is 1. The van der Waals surface area contributed by atoms with Gasteiger partial charge in [-0.15, -0.1) is 0 Å². The van der Waals surface area contributed by atoms with Crippen molar-refractivity contribution in [1.29, 1.82) is 0 Å². The second-order valence-electron chi connectivity index (χ2n) is 4.60. The molecular weight excluding hydrogens is 321 g/mol. The molecule has 0 atom stereocenters. The number of hydrogen-bond donors (Lipinski definition) is 1. The summed E-state index contributed by atoms with van der Waals surface area (Å²) in [4.78, 5) is 15.9. The van der Waals surface area contributed by atoms with Gasteiger partial charge in [-0.05, 0) is 41.1 Å². The van der Waals surface area contributed by atoms with Crippen molar-refractivity contribution in [3.63, 3.8) is 0 Å². The Bertz CT molecular complexity index is 822. The third-order valence-electron chi connectivity index (χ3n) is 3.32. The van der Waals surface area contributed by atoms with Crippen molar-refractivity contribution in [3.8, 4) is 0 Å². The number of carbonyl (C=O) groups is 1. The van der Waals surface area contributed by atoms with Gasteiger partial charge in [0.05, 0.1) is 10.0 Å². The zero-order chi connectivity index (χ0) is 14.3. The molecule has 0 aliphatic heterocycles. The topological polar surface area (TPSA) is 32.9 Å². The predicted octanol–water partition coefficient (Wildman–Crippen LogP) is 4.61. The molecule has 0 fully saturated rings. The SMILES string of the molecule is Cc1[nH]c2ccccc2c1C(=O)c1cccc(F)c1Br. The zero-order valence-corrected chi connectivity index (χ0v) is 12.3. The number of nitrogens with one attached hydrogen (secondary N) is 1. The summed E-state index contributed by atoms with van der Waals surface area (Å²) >= 11 is 3.15. The molecule has 2 nitrogen and oxygen atoms in total. The summed E-state index contributed by atoms with van der Waals surface area (Å²) in [5, 5.41) is 0.853. The highest BCUT2D eigenvalue weighted by Gasteiger charge is 2.20. The first-order valence-corrected chi connectivity index (χ1v) is 6.95. The molecule has 0 saturated carbocycles. The average molecular weight is 332 g/mol. The normalized spacial score (nSPS) is 10.9. The Morgan fingerprint density at radius 1 is 1.15 bits per heavy atom. The summed E-state index contributed by atoms with van der Waals surface area (Å²) in [6, 6.07) is 12.1. The third-order valence-corrected chi connectivity index (χ3v) is 4.12. The molecule has 1 heterocycles. The summed E-state index contributed by atoms with van der Waals surface area (Å²) in [5.74, 6) is -0.625. The van der Waals surface area contributed by atoms with Gasteiger partial charge in [0.1, 0.15) is 5.82 Å². The first kappa shape index (κ1) is 13.1. The molecule has 0 aliphatic carbocycles. The van der Waals surface area contributed by atoms with Gasteiger partial charge in [0.25, 0.3) is 0 Å². The van der Waals surface area contributed by atoms with Crippen molar-refractivity contribution < 1.29 is 9.18 Å². The van der Waals surface area contributed by atoms with E-state index in [1.165, 1.54) is 12.1 Å². The maximum absolute atomic E-state index is 13.6. The van der Waals surface area contributed by atoms with Gasteiger partial charge in [-0.2, -0.15) is 0 Å². The van der Waals surface area contributed by atoms with Crippen LogP contribution in [0.5, 0.6) is 0 Å². The van der Waals surface area contributed by atoms with E-state index in [-0.39, 0.29) is 10.3 Å². The standard InChI is InChI=1S/C16H11BrFNO/c1-9-14(10-5-2-3-8-13(10)19-9)16(20)11-6-4-7-12(18)15(11)17/h2-8,19H,1H3. The highest BCUT2D eigenvalue weighted by Crippen LogP contribution is 2.28. The number of H-pyrrole nitrogens is 1. The molecule has 3 aromatic rings. The van der Waals surface area contributed by atoms with E-state index in [1.807, 2.05) is 31.2 Å². The summed E-state index contributed by atoms with van der Waals surface area (Å²) < 4.78 is 13.8. The minimum atomic E-state index is -0.437. The number of aromatic amines is 1. The lowest BCUT2D eigenvalue weighted by Gasteiger charge is -2.05. The third kappa shape index (κ3) is 1.96. The Morgan fingerprint density at radius 2 is 1.90 bits per heavy atom. The molecule has 3 rings (SSSR count). The summed E-state index contributed by atoms with van der Waals surface area (Å²) in [7, 11) is 0. The van der Waals surface area contributed by atoms with Crippen LogP contribution in [0.15, 0.2) is 46.9 Å². The van der Waals surface area contributed by atoms with Gasteiger partial charge >= 0.3 is 0 Å². The van der Waals surface area contributed by atoms with Gasteiger partial charge in [0.2, 0.25) is 0 Å². The summed E-state index contributed by atoms with van der Waals surface area (Å²) in [5.41, 5.74) is 2.61. The Morgan fingerprint density at radius 3 is 2.70 bits per heavy atom. The van der Waals surface area contributed by atoms with Gasteiger partial charge in [0.15, 0.2) is 5.78 Å². The van der Waals surface area contributed by atoms with Gasteiger partial charge in [-0.1, -0.05) is 24.3 Å². The molecule has 20 heavy (non-hydrogen) atoms. The lowest BCUT2D eigenvalue weighted by Crippen LogP contribution is -2.04. The quantitative estimate of drug-likeness (QED) is 0.683. The second-order valence-corrected chi connectivity index (χ2v) is 5.39. The maximum Gasteiger partial charge on any atom is 0.196 e. The van der Waals surface area contributed by atoms with E-state index in [9.17, 15) is 9.18 Å². The van der Waals surface area contributed by atoms with Crippen LogP contribution >= 0.6 is 15.9 Å². The number of carbonyl (C=O) groups excluding carboxylic acids is 1. The molecule has 1 N–H and O–H groups in total. The lowest BCUT2D eigenvalue weighted by atomic mass is 10.0. The zero-order valence-electron chi connectivity index (χ0n) is 10.7. The summed E-state index contributed by atoms with van der Waals surface area (Å²) in [6.45, 7) is 1.85. The van der Waals surface area contributed by atoms with Gasteiger partial charge in [-0.25, -0.2) is 4.39 Å². The highest BCUT2D eigenvalue weighted by molar-refractivity contribution is 9.10. The molecule has 0 aliphatic rings. The number of ketones is 1. The molecule has 0 bridgehead atoms.